The van der Waals surface area contributed by atoms with Crippen LogP contribution in [0.3, 0.4) is 0 Å². The van der Waals surface area contributed by atoms with E-state index >= 15 is 0 Å². The van der Waals surface area contributed by atoms with E-state index in [9.17, 15) is 4.79 Å². The van der Waals surface area contributed by atoms with Crippen molar-refractivity contribution in [1.29, 1.82) is 0 Å². The van der Waals surface area contributed by atoms with E-state index in [1.54, 1.807) is 35.1 Å². The van der Waals surface area contributed by atoms with Crippen molar-refractivity contribution in [1.82, 2.24) is 20.6 Å². The van der Waals surface area contributed by atoms with E-state index in [1.807, 2.05) is 12.1 Å². The standard InChI is InChI=1S/C24H25N5OS2/c30-21(9-13-25-10-6-16-4-2-1-3-5-16)29-24-22(17-7-11-27-15-20(17)32-24)23-28-18-14-26-12-8-19(18)31-23/h1-5,8,12,14,25,27H,6-7,9-11,13,15H2,(H,29,30). The van der Waals surface area contributed by atoms with Crippen molar-refractivity contribution >= 4 is 43.8 Å². The monoisotopic (exact) mass is 463 g/mol. The van der Waals surface area contributed by atoms with E-state index in [0.29, 0.717) is 13.0 Å². The molecule has 164 valence electrons. The van der Waals surface area contributed by atoms with Crippen molar-refractivity contribution in [2.75, 3.05) is 25.0 Å². The van der Waals surface area contributed by atoms with Crippen molar-refractivity contribution in [3.63, 3.8) is 0 Å². The number of aromatic nitrogens is 2. The van der Waals surface area contributed by atoms with Gasteiger partial charge in [0.2, 0.25) is 5.91 Å². The largest absolute Gasteiger partial charge is 0.317 e. The number of hydrogen-bond donors (Lipinski definition) is 3. The zero-order chi connectivity index (χ0) is 21.8. The molecule has 0 unspecified atom stereocenters. The highest BCUT2D eigenvalue weighted by atomic mass is 32.1. The number of carbonyl (C=O) groups excluding carboxylic acids is 1. The molecule has 8 heteroatoms. The van der Waals surface area contributed by atoms with Gasteiger partial charge in [-0.25, -0.2) is 4.98 Å². The molecule has 0 atom stereocenters. The maximum absolute atomic E-state index is 12.7. The van der Waals surface area contributed by atoms with Crippen LogP contribution >= 0.6 is 22.7 Å². The van der Waals surface area contributed by atoms with Gasteiger partial charge >= 0.3 is 0 Å². The van der Waals surface area contributed by atoms with Crippen molar-refractivity contribution < 1.29 is 4.79 Å². The van der Waals surface area contributed by atoms with Crippen LogP contribution in [-0.4, -0.2) is 35.5 Å². The molecule has 4 heterocycles. The van der Waals surface area contributed by atoms with Crippen molar-refractivity contribution in [2.24, 2.45) is 0 Å². The zero-order valence-corrected chi connectivity index (χ0v) is 19.3. The second-order valence-corrected chi connectivity index (χ2v) is 9.92. The maximum Gasteiger partial charge on any atom is 0.226 e. The molecule has 5 rings (SSSR count). The predicted octanol–water partition coefficient (Wildman–Crippen LogP) is 4.23. The van der Waals surface area contributed by atoms with Crippen LogP contribution in [0.4, 0.5) is 5.00 Å². The lowest BCUT2D eigenvalue weighted by Crippen LogP contribution is -2.23. The number of thiophene rings is 1. The highest BCUT2D eigenvalue weighted by Crippen LogP contribution is 2.44. The zero-order valence-electron chi connectivity index (χ0n) is 17.7. The van der Waals surface area contributed by atoms with Gasteiger partial charge in [-0.3, -0.25) is 9.78 Å². The molecule has 32 heavy (non-hydrogen) atoms. The number of rotatable bonds is 8. The number of benzene rings is 1. The van der Waals surface area contributed by atoms with Crippen LogP contribution in [0.5, 0.6) is 0 Å². The molecule has 1 aliphatic heterocycles. The lowest BCUT2D eigenvalue weighted by molar-refractivity contribution is -0.116. The van der Waals surface area contributed by atoms with Crippen LogP contribution in [0.15, 0.2) is 48.8 Å². The molecule has 0 radical (unpaired) electrons. The fourth-order valence-corrected chi connectivity index (χ4v) is 6.24. The fraction of sp³-hybridized carbons (Fsp3) is 0.292. The number of pyridine rings is 1. The van der Waals surface area contributed by atoms with Gasteiger partial charge in [0.05, 0.1) is 10.9 Å². The van der Waals surface area contributed by atoms with Gasteiger partial charge in [-0.15, -0.1) is 22.7 Å². The number of hydrogen-bond acceptors (Lipinski definition) is 7. The van der Waals surface area contributed by atoms with Gasteiger partial charge in [0, 0.05) is 36.1 Å². The Morgan fingerprint density at radius 3 is 2.91 bits per heavy atom. The normalized spacial score (nSPS) is 13.2. The Balaban J connectivity index is 1.26. The van der Waals surface area contributed by atoms with Gasteiger partial charge in [0.1, 0.15) is 15.5 Å². The number of nitrogens with zero attached hydrogens (tertiary/aromatic N) is 2. The molecule has 0 saturated heterocycles. The van der Waals surface area contributed by atoms with E-state index < -0.39 is 0 Å². The Labute approximate surface area is 195 Å². The average Bonchev–Trinajstić information content (AvgIpc) is 3.40. The summed E-state index contributed by atoms with van der Waals surface area (Å²) in [5.74, 6) is 0.0350. The van der Waals surface area contributed by atoms with Crippen LogP contribution in [-0.2, 0) is 24.2 Å². The Kier molecular flexibility index (Phi) is 6.54. The van der Waals surface area contributed by atoms with Crippen LogP contribution in [0.2, 0.25) is 0 Å². The van der Waals surface area contributed by atoms with Gasteiger partial charge in [0.25, 0.3) is 0 Å². The minimum absolute atomic E-state index is 0.0350. The number of fused-ring (bicyclic) bond motifs is 2. The molecule has 0 saturated carbocycles. The van der Waals surface area contributed by atoms with E-state index in [2.05, 4.69) is 45.2 Å². The Hall–Kier alpha value is -2.65. The van der Waals surface area contributed by atoms with E-state index in [0.717, 1.165) is 58.3 Å². The first-order valence-corrected chi connectivity index (χ1v) is 12.5. The molecule has 4 aromatic rings. The molecule has 1 aliphatic rings. The van der Waals surface area contributed by atoms with Gasteiger partial charge in [-0.1, -0.05) is 30.3 Å². The molecule has 1 aromatic carbocycles. The summed E-state index contributed by atoms with van der Waals surface area (Å²) in [5, 5.41) is 11.9. The first-order valence-electron chi connectivity index (χ1n) is 10.9. The predicted molar refractivity (Wildman–Crippen MR) is 132 cm³/mol. The third-order valence-electron chi connectivity index (χ3n) is 5.55. The summed E-state index contributed by atoms with van der Waals surface area (Å²) in [6, 6.07) is 12.4. The van der Waals surface area contributed by atoms with Gasteiger partial charge < -0.3 is 16.0 Å². The highest BCUT2D eigenvalue weighted by Gasteiger charge is 2.25. The Bertz CT molecular complexity index is 1180. The van der Waals surface area contributed by atoms with Crippen LogP contribution in [0.1, 0.15) is 22.4 Å². The number of nitrogens with one attached hydrogen (secondary N) is 3. The van der Waals surface area contributed by atoms with E-state index in [1.165, 1.54) is 16.0 Å². The summed E-state index contributed by atoms with van der Waals surface area (Å²) in [5.41, 5.74) is 4.62. The molecular weight excluding hydrogens is 438 g/mol. The van der Waals surface area contributed by atoms with Gasteiger partial charge in [-0.2, -0.15) is 0 Å². The van der Waals surface area contributed by atoms with Gasteiger partial charge in [-0.05, 0) is 43.1 Å². The second-order valence-electron chi connectivity index (χ2n) is 7.78. The lowest BCUT2D eigenvalue weighted by Gasteiger charge is -2.13. The number of carbonyl (C=O) groups is 1. The molecule has 3 N–H and O–H groups in total. The minimum atomic E-state index is 0.0350. The molecule has 3 aromatic heterocycles. The van der Waals surface area contributed by atoms with Gasteiger partial charge in [0.15, 0.2) is 0 Å². The van der Waals surface area contributed by atoms with Crippen LogP contribution in [0.25, 0.3) is 20.8 Å². The third-order valence-corrected chi connectivity index (χ3v) is 7.75. The second kappa shape index (κ2) is 9.87. The SMILES string of the molecule is O=C(CCNCCc1ccccc1)Nc1sc2c(c1-c1nc3cnccc3s1)CCNC2. The first-order chi connectivity index (χ1) is 15.8. The molecule has 0 bridgehead atoms. The summed E-state index contributed by atoms with van der Waals surface area (Å²) >= 11 is 3.34. The molecule has 0 spiro atoms. The summed E-state index contributed by atoms with van der Waals surface area (Å²) in [4.78, 5) is 23.0. The lowest BCUT2D eigenvalue weighted by atomic mass is 10.0. The highest BCUT2D eigenvalue weighted by molar-refractivity contribution is 7.22. The summed E-state index contributed by atoms with van der Waals surface area (Å²) < 4.78 is 1.11. The quantitative estimate of drug-likeness (QED) is 0.341. The molecule has 0 aliphatic carbocycles. The Morgan fingerprint density at radius 1 is 1.12 bits per heavy atom. The first kappa shape index (κ1) is 21.2. The average molecular weight is 464 g/mol. The summed E-state index contributed by atoms with van der Waals surface area (Å²) in [7, 11) is 0. The number of amides is 1. The molecule has 1 amide bonds. The fourth-order valence-electron chi connectivity index (χ4n) is 3.93. The molecule has 6 nitrogen and oxygen atoms in total. The summed E-state index contributed by atoms with van der Waals surface area (Å²) in [6.45, 7) is 3.31. The molecular formula is C24H25N5OS2. The smallest absolute Gasteiger partial charge is 0.226 e. The van der Waals surface area contributed by atoms with Crippen molar-refractivity contribution in [3.8, 4) is 10.6 Å². The van der Waals surface area contributed by atoms with Crippen LogP contribution < -0.4 is 16.0 Å². The Morgan fingerprint density at radius 2 is 2.03 bits per heavy atom. The van der Waals surface area contributed by atoms with Crippen molar-refractivity contribution in [3.05, 3.63) is 64.8 Å². The summed E-state index contributed by atoms with van der Waals surface area (Å²) in [6.07, 6.45) is 5.95. The van der Waals surface area contributed by atoms with Crippen molar-refractivity contribution in [2.45, 2.75) is 25.8 Å². The molecule has 0 fully saturated rings. The van der Waals surface area contributed by atoms with E-state index in [4.69, 9.17) is 4.98 Å². The third kappa shape index (κ3) is 4.73. The van der Waals surface area contributed by atoms with Crippen LogP contribution in [0, 0.1) is 0 Å². The maximum atomic E-state index is 12.7. The van der Waals surface area contributed by atoms with E-state index in [-0.39, 0.29) is 5.91 Å². The number of thiazole rings is 1. The minimum Gasteiger partial charge on any atom is -0.317 e. The topological polar surface area (TPSA) is 78.9 Å². The number of anilines is 1.